The molecule has 3 aromatic rings. The number of amides is 1. The lowest BCUT2D eigenvalue weighted by Gasteiger charge is -2.06. The summed E-state index contributed by atoms with van der Waals surface area (Å²) in [5.74, 6) is 0.343. The van der Waals surface area contributed by atoms with Gasteiger partial charge in [0.05, 0.1) is 11.4 Å². The van der Waals surface area contributed by atoms with Crippen molar-refractivity contribution < 1.29 is 4.79 Å². The van der Waals surface area contributed by atoms with Gasteiger partial charge in [-0.1, -0.05) is 48.2 Å². The molecule has 122 valence electrons. The van der Waals surface area contributed by atoms with Crippen LogP contribution in [0.1, 0.15) is 11.1 Å². The van der Waals surface area contributed by atoms with E-state index < -0.39 is 0 Å². The van der Waals surface area contributed by atoms with E-state index in [1.165, 1.54) is 11.8 Å². The molecule has 0 saturated heterocycles. The van der Waals surface area contributed by atoms with Crippen LogP contribution in [-0.4, -0.2) is 16.6 Å². The summed E-state index contributed by atoms with van der Waals surface area (Å²) in [4.78, 5) is 16.7. The number of anilines is 1. The summed E-state index contributed by atoms with van der Waals surface area (Å²) in [6.45, 7) is 4.05. The van der Waals surface area contributed by atoms with Crippen molar-refractivity contribution >= 4 is 34.7 Å². The third-order valence-electron chi connectivity index (χ3n) is 3.38. The molecule has 1 amide bonds. The summed E-state index contributed by atoms with van der Waals surface area (Å²) >= 11 is 3.04. The van der Waals surface area contributed by atoms with E-state index in [2.05, 4.69) is 16.4 Å². The normalized spacial score (nSPS) is 10.6. The zero-order valence-corrected chi connectivity index (χ0v) is 15.2. The van der Waals surface area contributed by atoms with Crippen LogP contribution in [0.25, 0.3) is 11.3 Å². The second-order valence-corrected chi connectivity index (χ2v) is 7.66. The SMILES string of the molecule is Cc1cc(C)cc(NC(=O)CSc2nc(-c3ccccc3)cs2)c1. The maximum Gasteiger partial charge on any atom is 0.234 e. The Morgan fingerprint density at radius 3 is 2.54 bits per heavy atom. The molecule has 0 aliphatic carbocycles. The van der Waals surface area contributed by atoms with Crippen LogP contribution in [-0.2, 0) is 4.79 Å². The average molecular weight is 354 g/mol. The third kappa shape index (κ3) is 4.46. The zero-order chi connectivity index (χ0) is 16.9. The molecule has 0 fully saturated rings. The molecule has 2 aromatic carbocycles. The number of hydrogen-bond donors (Lipinski definition) is 1. The van der Waals surface area contributed by atoms with Crippen molar-refractivity contribution in [2.24, 2.45) is 0 Å². The van der Waals surface area contributed by atoms with E-state index in [4.69, 9.17) is 0 Å². The molecule has 0 bridgehead atoms. The Bertz CT molecular complexity index is 823. The zero-order valence-electron chi connectivity index (χ0n) is 13.6. The quantitative estimate of drug-likeness (QED) is 0.644. The van der Waals surface area contributed by atoms with Crippen molar-refractivity contribution in [2.75, 3.05) is 11.1 Å². The second-order valence-electron chi connectivity index (χ2n) is 5.58. The summed E-state index contributed by atoms with van der Waals surface area (Å²) < 4.78 is 0.907. The van der Waals surface area contributed by atoms with Gasteiger partial charge in [0.15, 0.2) is 4.34 Å². The first kappa shape index (κ1) is 16.7. The molecule has 0 aliphatic heterocycles. The van der Waals surface area contributed by atoms with Gasteiger partial charge in [0.2, 0.25) is 5.91 Å². The maximum absolute atomic E-state index is 12.1. The summed E-state index contributed by atoms with van der Waals surface area (Å²) in [7, 11) is 0. The maximum atomic E-state index is 12.1. The number of aromatic nitrogens is 1. The van der Waals surface area contributed by atoms with Crippen LogP contribution in [0, 0.1) is 13.8 Å². The van der Waals surface area contributed by atoms with Crippen LogP contribution in [0.15, 0.2) is 58.3 Å². The van der Waals surface area contributed by atoms with E-state index >= 15 is 0 Å². The van der Waals surface area contributed by atoms with Gasteiger partial charge in [0.1, 0.15) is 0 Å². The van der Waals surface area contributed by atoms with Crippen LogP contribution in [0.4, 0.5) is 5.69 Å². The molecule has 3 rings (SSSR count). The number of hydrogen-bond acceptors (Lipinski definition) is 4. The number of carbonyl (C=O) groups excluding carboxylic acids is 1. The molecule has 1 aromatic heterocycles. The van der Waals surface area contributed by atoms with E-state index in [0.29, 0.717) is 5.75 Å². The van der Waals surface area contributed by atoms with Crippen LogP contribution < -0.4 is 5.32 Å². The van der Waals surface area contributed by atoms with Crippen molar-refractivity contribution in [1.29, 1.82) is 0 Å². The highest BCUT2D eigenvalue weighted by atomic mass is 32.2. The van der Waals surface area contributed by atoms with Gasteiger partial charge in [0, 0.05) is 16.6 Å². The van der Waals surface area contributed by atoms with Crippen molar-refractivity contribution in [1.82, 2.24) is 4.98 Å². The molecule has 1 heterocycles. The molecule has 0 aliphatic rings. The number of nitrogens with one attached hydrogen (secondary N) is 1. The van der Waals surface area contributed by atoms with Gasteiger partial charge in [-0.15, -0.1) is 11.3 Å². The predicted molar refractivity (Wildman–Crippen MR) is 103 cm³/mol. The van der Waals surface area contributed by atoms with Crippen molar-refractivity contribution in [3.05, 3.63) is 65.0 Å². The highest BCUT2D eigenvalue weighted by Crippen LogP contribution is 2.28. The Labute approximate surface area is 150 Å². The Balaban J connectivity index is 1.58. The second kappa shape index (κ2) is 7.64. The van der Waals surface area contributed by atoms with E-state index in [1.54, 1.807) is 11.3 Å². The van der Waals surface area contributed by atoms with Crippen LogP contribution in [0.3, 0.4) is 0 Å². The molecule has 0 atom stereocenters. The number of carbonyl (C=O) groups is 1. The Morgan fingerprint density at radius 2 is 1.83 bits per heavy atom. The number of rotatable bonds is 5. The van der Waals surface area contributed by atoms with Gasteiger partial charge >= 0.3 is 0 Å². The minimum absolute atomic E-state index is 0.0125. The van der Waals surface area contributed by atoms with Gasteiger partial charge < -0.3 is 5.32 Å². The van der Waals surface area contributed by atoms with Crippen LogP contribution in [0.5, 0.6) is 0 Å². The minimum Gasteiger partial charge on any atom is -0.325 e. The minimum atomic E-state index is -0.0125. The first-order chi connectivity index (χ1) is 11.6. The fourth-order valence-corrected chi connectivity index (χ4v) is 4.07. The largest absolute Gasteiger partial charge is 0.325 e. The van der Waals surface area contributed by atoms with Gasteiger partial charge in [-0.05, 0) is 37.1 Å². The topological polar surface area (TPSA) is 42.0 Å². The molecule has 0 saturated carbocycles. The molecule has 5 heteroatoms. The Kier molecular flexibility index (Phi) is 5.33. The lowest BCUT2D eigenvalue weighted by molar-refractivity contribution is -0.113. The van der Waals surface area contributed by atoms with Crippen LogP contribution >= 0.6 is 23.1 Å². The molecule has 0 unspecified atom stereocenters. The molecule has 24 heavy (non-hydrogen) atoms. The first-order valence-electron chi connectivity index (χ1n) is 7.62. The van der Waals surface area contributed by atoms with E-state index in [9.17, 15) is 4.79 Å². The molecule has 3 nitrogen and oxygen atoms in total. The number of thiazole rings is 1. The molecule has 0 spiro atoms. The van der Waals surface area contributed by atoms with Crippen molar-refractivity contribution in [3.8, 4) is 11.3 Å². The van der Waals surface area contributed by atoms with Crippen molar-refractivity contribution in [2.45, 2.75) is 18.2 Å². The number of thioether (sulfide) groups is 1. The standard InChI is InChI=1S/C19H18N2OS2/c1-13-8-14(2)10-16(9-13)20-18(22)12-24-19-21-17(11-23-19)15-6-4-3-5-7-15/h3-11H,12H2,1-2H3,(H,20,22). The molecular formula is C19H18N2OS2. The summed E-state index contributed by atoms with van der Waals surface area (Å²) in [6, 6.07) is 16.1. The predicted octanol–water partition coefficient (Wildman–Crippen LogP) is 5.16. The molecule has 1 N–H and O–H groups in total. The highest BCUT2D eigenvalue weighted by Gasteiger charge is 2.08. The molecular weight excluding hydrogens is 336 g/mol. The van der Waals surface area contributed by atoms with Crippen LogP contribution in [0.2, 0.25) is 0 Å². The summed E-state index contributed by atoms with van der Waals surface area (Å²) in [6.07, 6.45) is 0. The van der Waals surface area contributed by atoms with Gasteiger partial charge in [-0.25, -0.2) is 4.98 Å². The first-order valence-corrected chi connectivity index (χ1v) is 9.48. The monoisotopic (exact) mass is 354 g/mol. The smallest absolute Gasteiger partial charge is 0.234 e. The van der Waals surface area contributed by atoms with E-state index in [1.807, 2.05) is 61.7 Å². The third-order valence-corrected chi connectivity index (χ3v) is 5.41. The van der Waals surface area contributed by atoms with Crippen molar-refractivity contribution in [3.63, 3.8) is 0 Å². The van der Waals surface area contributed by atoms with E-state index in [0.717, 1.165) is 32.4 Å². The van der Waals surface area contributed by atoms with E-state index in [-0.39, 0.29) is 5.91 Å². The van der Waals surface area contributed by atoms with Gasteiger partial charge in [-0.3, -0.25) is 4.79 Å². The Morgan fingerprint density at radius 1 is 1.12 bits per heavy atom. The van der Waals surface area contributed by atoms with Gasteiger partial charge in [-0.2, -0.15) is 0 Å². The van der Waals surface area contributed by atoms with Gasteiger partial charge in [0.25, 0.3) is 0 Å². The lowest BCUT2D eigenvalue weighted by Crippen LogP contribution is -2.14. The summed E-state index contributed by atoms with van der Waals surface area (Å²) in [5.41, 5.74) is 5.19. The average Bonchev–Trinajstić information content (AvgIpc) is 3.02. The lowest BCUT2D eigenvalue weighted by atomic mass is 10.1. The summed E-state index contributed by atoms with van der Waals surface area (Å²) in [5, 5.41) is 4.98. The highest BCUT2D eigenvalue weighted by molar-refractivity contribution is 8.01. The molecule has 0 radical (unpaired) electrons. The number of aryl methyl sites for hydroxylation is 2. The fraction of sp³-hybridized carbons (Fsp3) is 0.158. The fourth-order valence-electron chi connectivity index (χ4n) is 2.44. The number of benzene rings is 2. The number of nitrogens with zero attached hydrogens (tertiary/aromatic N) is 1. The Hall–Kier alpha value is -2.11.